The van der Waals surface area contributed by atoms with Crippen molar-refractivity contribution in [3.63, 3.8) is 0 Å². The highest BCUT2D eigenvalue weighted by Crippen LogP contribution is 2.28. The van der Waals surface area contributed by atoms with Crippen molar-refractivity contribution in [1.82, 2.24) is 10.6 Å². The first kappa shape index (κ1) is 18.7. The predicted octanol–water partition coefficient (Wildman–Crippen LogP) is 1.76. The fourth-order valence-electron chi connectivity index (χ4n) is 2.30. The molecular formula is C14H23F3N2O3. The molecule has 128 valence electrons. The molecule has 2 N–H and O–H groups in total. The lowest BCUT2D eigenvalue weighted by Gasteiger charge is -2.24. The summed E-state index contributed by atoms with van der Waals surface area (Å²) in [5.74, 6) is -3.22. The molecule has 0 spiro atoms. The van der Waals surface area contributed by atoms with Crippen LogP contribution in [0.2, 0.25) is 0 Å². The van der Waals surface area contributed by atoms with Crippen molar-refractivity contribution in [2.45, 2.75) is 64.5 Å². The summed E-state index contributed by atoms with van der Waals surface area (Å²) in [7, 11) is 0. The number of ether oxygens (including phenoxy) is 1. The lowest BCUT2D eigenvalue weighted by Crippen LogP contribution is -2.53. The maximum Gasteiger partial charge on any atom is 0.471 e. The van der Waals surface area contributed by atoms with Crippen LogP contribution in [0.5, 0.6) is 0 Å². The topological polar surface area (TPSA) is 67.4 Å². The zero-order valence-corrected chi connectivity index (χ0v) is 13.2. The zero-order valence-electron chi connectivity index (χ0n) is 13.2. The summed E-state index contributed by atoms with van der Waals surface area (Å²) in [6, 6.07) is -1.23. The number of halogens is 3. The number of carbonyl (C=O) groups excluding carboxylic acids is 2. The molecule has 1 fully saturated rings. The quantitative estimate of drug-likeness (QED) is 0.810. The van der Waals surface area contributed by atoms with Crippen LogP contribution in [0.15, 0.2) is 0 Å². The van der Waals surface area contributed by atoms with E-state index in [1.54, 1.807) is 19.2 Å². The summed E-state index contributed by atoms with van der Waals surface area (Å²) < 4.78 is 42.6. The Kier molecular flexibility index (Phi) is 5.83. The Morgan fingerprint density at radius 3 is 2.32 bits per heavy atom. The van der Waals surface area contributed by atoms with Crippen LogP contribution in [-0.4, -0.2) is 42.3 Å². The molecule has 0 aliphatic carbocycles. The van der Waals surface area contributed by atoms with Crippen molar-refractivity contribution in [1.29, 1.82) is 0 Å². The second-order valence-corrected chi connectivity index (χ2v) is 6.48. The van der Waals surface area contributed by atoms with Crippen LogP contribution < -0.4 is 10.6 Å². The van der Waals surface area contributed by atoms with Crippen molar-refractivity contribution >= 4 is 11.8 Å². The molecule has 0 aromatic rings. The van der Waals surface area contributed by atoms with Crippen LogP contribution in [-0.2, 0) is 14.3 Å². The van der Waals surface area contributed by atoms with E-state index in [4.69, 9.17) is 4.74 Å². The molecule has 0 unspecified atom stereocenters. The van der Waals surface area contributed by atoms with Gasteiger partial charge in [-0.15, -0.1) is 0 Å². The molecule has 1 saturated heterocycles. The van der Waals surface area contributed by atoms with Crippen LogP contribution in [0.3, 0.4) is 0 Å². The third-order valence-electron chi connectivity index (χ3n) is 3.55. The van der Waals surface area contributed by atoms with Crippen LogP contribution in [0.4, 0.5) is 13.2 Å². The van der Waals surface area contributed by atoms with Gasteiger partial charge >= 0.3 is 12.1 Å². The normalized spacial score (nSPS) is 22.5. The fourth-order valence-corrected chi connectivity index (χ4v) is 2.30. The molecule has 0 aromatic carbocycles. The Hall–Kier alpha value is -1.31. The number of hydrogen-bond donors (Lipinski definition) is 2. The molecule has 8 heteroatoms. The Morgan fingerprint density at radius 2 is 1.91 bits per heavy atom. The molecule has 22 heavy (non-hydrogen) atoms. The summed E-state index contributed by atoms with van der Waals surface area (Å²) in [6.45, 7) is 7.23. The highest BCUT2D eigenvalue weighted by atomic mass is 19.4. The molecule has 2 amide bonds. The fraction of sp³-hybridized carbons (Fsp3) is 0.857. The average Bonchev–Trinajstić information content (AvgIpc) is 2.70. The monoisotopic (exact) mass is 324 g/mol. The molecule has 0 bridgehead atoms. The van der Waals surface area contributed by atoms with Crippen LogP contribution >= 0.6 is 0 Å². The minimum atomic E-state index is -5.01. The number of hydrogen-bond acceptors (Lipinski definition) is 3. The van der Waals surface area contributed by atoms with Gasteiger partial charge in [0.2, 0.25) is 5.91 Å². The molecule has 0 radical (unpaired) electrons. The van der Waals surface area contributed by atoms with E-state index in [2.05, 4.69) is 5.32 Å². The lowest BCUT2D eigenvalue weighted by atomic mass is 10.0. The third-order valence-corrected chi connectivity index (χ3v) is 3.55. The van der Waals surface area contributed by atoms with E-state index < -0.39 is 30.0 Å². The van der Waals surface area contributed by atoms with Gasteiger partial charge in [-0.1, -0.05) is 13.8 Å². The Labute approximate surface area is 128 Å². The highest BCUT2D eigenvalue weighted by Gasteiger charge is 2.41. The Morgan fingerprint density at radius 1 is 1.32 bits per heavy atom. The average molecular weight is 324 g/mol. The summed E-state index contributed by atoms with van der Waals surface area (Å²) in [5.41, 5.74) is -0.253. The van der Waals surface area contributed by atoms with Crippen molar-refractivity contribution in [3.05, 3.63) is 0 Å². The first-order valence-electron chi connectivity index (χ1n) is 7.25. The third kappa shape index (κ3) is 5.47. The van der Waals surface area contributed by atoms with Gasteiger partial charge in [0.15, 0.2) is 0 Å². The first-order valence-corrected chi connectivity index (χ1v) is 7.25. The van der Waals surface area contributed by atoms with Gasteiger partial charge in [0.1, 0.15) is 6.04 Å². The van der Waals surface area contributed by atoms with Gasteiger partial charge in [-0.3, -0.25) is 9.59 Å². The minimum Gasteiger partial charge on any atom is -0.371 e. The smallest absolute Gasteiger partial charge is 0.371 e. The van der Waals surface area contributed by atoms with Crippen molar-refractivity contribution in [2.75, 3.05) is 6.54 Å². The molecule has 1 rings (SSSR count). The number of alkyl halides is 3. The molecule has 1 aliphatic rings. The number of nitrogens with one attached hydrogen (secondary N) is 2. The van der Waals surface area contributed by atoms with Gasteiger partial charge in [-0.2, -0.15) is 13.2 Å². The molecule has 0 saturated carbocycles. The SMILES string of the molecule is CC(C)[C@H](NC(=O)C(F)(F)F)C(=O)NC[C@H]1CCC(C)(C)O1. The van der Waals surface area contributed by atoms with Gasteiger partial charge < -0.3 is 15.4 Å². The van der Waals surface area contributed by atoms with Crippen molar-refractivity contribution in [2.24, 2.45) is 5.92 Å². The first-order chi connectivity index (χ1) is 9.92. The minimum absolute atomic E-state index is 0.162. The number of amides is 2. The summed E-state index contributed by atoms with van der Waals surface area (Å²) >= 11 is 0. The van der Waals surface area contributed by atoms with Crippen LogP contribution in [0.1, 0.15) is 40.5 Å². The summed E-state index contributed by atoms with van der Waals surface area (Å²) in [6.07, 6.45) is -3.54. The molecule has 5 nitrogen and oxygen atoms in total. The van der Waals surface area contributed by atoms with E-state index in [1.807, 2.05) is 13.8 Å². The Balaban J connectivity index is 2.54. The van der Waals surface area contributed by atoms with Gasteiger partial charge in [-0.05, 0) is 32.6 Å². The van der Waals surface area contributed by atoms with Crippen LogP contribution in [0, 0.1) is 5.92 Å². The van der Waals surface area contributed by atoms with Crippen molar-refractivity contribution < 1.29 is 27.5 Å². The van der Waals surface area contributed by atoms with Gasteiger partial charge in [0, 0.05) is 6.54 Å². The summed E-state index contributed by atoms with van der Waals surface area (Å²) in [4.78, 5) is 23.0. The highest BCUT2D eigenvalue weighted by molar-refractivity contribution is 5.89. The second-order valence-electron chi connectivity index (χ2n) is 6.48. The largest absolute Gasteiger partial charge is 0.471 e. The van der Waals surface area contributed by atoms with E-state index in [1.165, 1.54) is 0 Å². The van der Waals surface area contributed by atoms with E-state index in [9.17, 15) is 22.8 Å². The number of carbonyl (C=O) groups is 2. The second kappa shape index (κ2) is 6.85. The van der Waals surface area contributed by atoms with Gasteiger partial charge in [-0.25, -0.2) is 0 Å². The standard InChI is InChI=1S/C14H23F3N2O3/c1-8(2)10(19-12(21)14(15,16)17)11(20)18-7-9-5-6-13(3,4)22-9/h8-10H,5-7H2,1-4H3,(H,18,20)(H,19,21)/t9-,10+/m1/s1. The molecule has 1 heterocycles. The predicted molar refractivity (Wildman–Crippen MR) is 74.0 cm³/mol. The van der Waals surface area contributed by atoms with Crippen molar-refractivity contribution in [3.8, 4) is 0 Å². The molecule has 2 atom stereocenters. The van der Waals surface area contributed by atoms with E-state index in [-0.39, 0.29) is 18.2 Å². The van der Waals surface area contributed by atoms with Gasteiger partial charge in [0.25, 0.3) is 0 Å². The van der Waals surface area contributed by atoms with E-state index >= 15 is 0 Å². The van der Waals surface area contributed by atoms with Crippen LogP contribution in [0.25, 0.3) is 0 Å². The lowest BCUT2D eigenvalue weighted by molar-refractivity contribution is -0.175. The molecule has 0 aromatic heterocycles. The van der Waals surface area contributed by atoms with E-state index in [0.29, 0.717) is 0 Å². The molecule has 1 aliphatic heterocycles. The Bertz CT molecular complexity index is 422. The van der Waals surface area contributed by atoms with Gasteiger partial charge in [0.05, 0.1) is 11.7 Å². The van der Waals surface area contributed by atoms with E-state index in [0.717, 1.165) is 12.8 Å². The number of rotatable bonds is 5. The molecular weight excluding hydrogens is 301 g/mol. The maximum atomic E-state index is 12.3. The zero-order chi connectivity index (χ0) is 17.1. The summed E-state index contributed by atoms with van der Waals surface area (Å²) in [5, 5.41) is 4.29. The maximum absolute atomic E-state index is 12.3.